The summed E-state index contributed by atoms with van der Waals surface area (Å²) < 4.78 is 0. The van der Waals surface area contributed by atoms with E-state index in [4.69, 9.17) is 6.57 Å². The lowest BCUT2D eigenvalue weighted by Gasteiger charge is -2.44. The van der Waals surface area contributed by atoms with E-state index in [1.165, 1.54) is 78.6 Å². The van der Waals surface area contributed by atoms with Gasteiger partial charge in [-0.1, -0.05) is 103 Å². The fourth-order valence-corrected chi connectivity index (χ4v) is 11.0. The van der Waals surface area contributed by atoms with Crippen LogP contribution >= 0.6 is 0 Å². The molecule has 9 aromatic rings. The van der Waals surface area contributed by atoms with Crippen LogP contribution in [0.4, 0.5) is 73.9 Å². The highest BCUT2D eigenvalue weighted by Crippen LogP contribution is 2.59. The number of nitriles is 1. The van der Waals surface area contributed by atoms with Gasteiger partial charge in [0.05, 0.1) is 52.3 Å². The molecule has 0 atom stereocenters. The fraction of sp³-hybridized carbons (Fsp3) is 0.0667. The zero-order chi connectivity index (χ0) is 43.9. The summed E-state index contributed by atoms with van der Waals surface area (Å²) >= 11 is 0. The predicted octanol–water partition coefficient (Wildman–Crippen LogP) is 15.6. The summed E-state index contributed by atoms with van der Waals surface area (Å²) in [5, 5.41) is 9.97. The molecule has 6 nitrogen and oxygen atoms in total. The monoisotopic (exact) mass is 844 g/mol. The van der Waals surface area contributed by atoms with Crippen molar-refractivity contribution < 1.29 is 0 Å². The standard InChI is InChI=1S/C60H40N6/c1-62-46-17-13-23-50(37-46)64(48-20-6-3-7-21-48)56-29-27-43-32-45-35-57-44(36-58(45)66-54-25-11-9-16-41(54)34-52(56)60(43)66)31-42-26-28-55(51-33-40-15-8-10-24-53(40)65(57)59(42)51)63(47-18-4-2-5-19-47)49-22-12-14-39(30-49)38-61/h2-30,35-37H,31-34H2. The van der Waals surface area contributed by atoms with Gasteiger partial charge in [0.2, 0.25) is 0 Å². The Hall–Kier alpha value is -8.84. The molecule has 0 aliphatic carbocycles. The third kappa shape index (κ3) is 5.79. The van der Waals surface area contributed by atoms with E-state index < -0.39 is 0 Å². The molecule has 4 aliphatic heterocycles. The molecule has 4 heterocycles. The molecule has 0 spiro atoms. The Morgan fingerprint density at radius 1 is 0.409 bits per heavy atom. The van der Waals surface area contributed by atoms with E-state index in [9.17, 15) is 5.26 Å². The Labute approximate surface area is 384 Å². The van der Waals surface area contributed by atoms with Crippen LogP contribution in [0.3, 0.4) is 0 Å². The molecule has 0 aromatic heterocycles. The predicted molar refractivity (Wildman–Crippen MR) is 267 cm³/mol. The fourth-order valence-electron chi connectivity index (χ4n) is 11.0. The molecular weight excluding hydrogens is 805 g/mol. The molecule has 66 heavy (non-hydrogen) atoms. The first kappa shape index (κ1) is 37.7. The second-order valence-corrected chi connectivity index (χ2v) is 17.5. The summed E-state index contributed by atoms with van der Waals surface area (Å²) in [6.07, 6.45) is 3.18. The Kier molecular flexibility index (Phi) is 8.50. The topological polar surface area (TPSA) is 41.1 Å². The van der Waals surface area contributed by atoms with Gasteiger partial charge in [-0.2, -0.15) is 5.26 Å². The first-order chi connectivity index (χ1) is 32.6. The Morgan fingerprint density at radius 2 is 0.879 bits per heavy atom. The van der Waals surface area contributed by atoms with Gasteiger partial charge < -0.3 is 19.6 Å². The first-order valence-electron chi connectivity index (χ1n) is 22.5. The van der Waals surface area contributed by atoms with Crippen LogP contribution in [0, 0.1) is 17.9 Å². The molecule has 13 rings (SSSR count). The second kappa shape index (κ2) is 14.9. The van der Waals surface area contributed by atoms with Crippen LogP contribution in [0.5, 0.6) is 0 Å². The zero-order valence-electron chi connectivity index (χ0n) is 36.0. The van der Waals surface area contributed by atoms with Crippen molar-refractivity contribution in [1.29, 1.82) is 5.26 Å². The summed E-state index contributed by atoms with van der Waals surface area (Å²) in [5.74, 6) is 0. The number of hydrogen-bond acceptors (Lipinski definition) is 5. The van der Waals surface area contributed by atoms with E-state index >= 15 is 0 Å². The summed E-state index contributed by atoms with van der Waals surface area (Å²) in [4.78, 5) is 13.6. The largest absolute Gasteiger partial charge is 0.311 e. The number of anilines is 12. The highest BCUT2D eigenvalue weighted by Gasteiger charge is 2.39. The Bertz CT molecular complexity index is 3310. The Balaban J connectivity index is 0.993. The zero-order valence-corrected chi connectivity index (χ0v) is 36.0. The maximum Gasteiger partial charge on any atom is 0.189 e. The van der Waals surface area contributed by atoms with Gasteiger partial charge in [-0.3, -0.25) is 0 Å². The van der Waals surface area contributed by atoms with Crippen LogP contribution in [0.2, 0.25) is 0 Å². The van der Waals surface area contributed by atoms with Crippen molar-refractivity contribution in [2.45, 2.75) is 25.7 Å². The number of hydrogen-bond donors (Lipinski definition) is 0. The maximum atomic E-state index is 9.97. The molecular formula is C60H40N6. The van der Waals surface area contributed by atoms with Gasteiger partial charge in [0, 0.05) is 70.9 Å². The molecule has 0 bridgehead atoms. The molecule has 9 aromatic carbocycles. The molecule has 0 saturated carbocycles. The Morgan fingerprint density at radius 3 is 1.39 bits per heavy atom. The van der Waals surface area contributed by atoms with Gasteiger partial charge in [0.25, 0.3) is 0 Å². The lowest BCUT2D eigenvalue weighted by Crippen LogP contribution is -2.29. The third-order valence-corrected chi connectivity index (χ3v) is 13.8. The minimum Gasteiger partial charge on any atom is -0.311 e. The quantitative estimate of drug-likeness (QED) is 0.156. The maximum absolute atomic E-state index is 9.97. The molecule has 0 unspecified atom stereocenters. The average molecular weight is 845 g/mol. The van der Waals surface area contributed by atoms with E-state index in [2.05, 4.69) is 188 Å². The van der Waals surface area contributed by atoms with Crippen molar-refractivity contribution in [3.05, 3.63) is 256 Å². The number of benzene rings is 9. The minimum atomic E-state index is 0.617. The van der Waals surface area contributed by atoms with Crippen molar-refractivity contribution in [2.75, 3.05) is 19.6 Å². The van der Waals surface area contributed by atoms with E-state index in [0.717, 1.165) is 59.8 Å². The van der Waals surface area contributed by atoms with E-state index in [1.807, 2.05) is 36.4 Å². The highest BCUT2D eigenvalue weighted by atomic mass is 15.2. The van der Waals surface area contributed by atoms with Gasteiger partial charge in [-0.15, -0.1) is 0 Å². The minimum absolute atomic E-state index is 0.617. The molecule has 310 valence electrons. The lowest BCUT2D eigenvalue weighted by molar-refractivity contribution is 0.978. The summed E-state index contributed by atoms with van der Waals surface area (Å²) in [7, 11) is 0. The summed E-state index contributed by atoms with van der Waals surface area (Å²) in [5.41, 5.74) is 25.2. The van der Waals surface area contributed by atoms with Gasteiger partial charge in [-0.05, 0) is 124 Å². The van der Waals surface area contributed by atoms with Crippen LogP contribution in [0.1, 0.15) is 50.1 Å². The number of rotatable bonds is 6. The SMILES string of the molecule is [C-]#[N+]c1cccc(N(c2ccccc2)c2ccc3c4c2Cc2ccccc2N4c2cc4c(cc2C3)N2c3ccccc3Cc3c(N(c5ccccc5)c5cccc(C#N)c5)ccc(c32)C4)c1. The van der Waals surface area contributed by atoms with E-state index in [1.54, 1.807) is 0 Å². The van der Waals surface area contributed by atoms with Gasteiger partial charge >= 0.3 is 0 Å². The molecule has 0 radical (unpaired) electrons. The average Bonchev–Trinajstić information content (AvgIpc) is 3.37. The van der Waals surface area contributed by atoms with Crippen molar-refractivity contribution in [2.24, 2.45) is 0 Å². The smallest absolute Gasteiger partial charge is 0.189 e. The molecule has 0 fully saturated rings. The van der Waals surface area contributed by atoms with Gasteiger partial charge in [0.1, 0.15) is 0 Å². The van der Waals surface area contributed by atoms with Crippen LogP contribution in [0.15, 0.2) is 194 Å². The molecule has 6 heteroatoms. The van der Waals surface area contributed by atoms with Crippen LogP contribution in [-0.2, 0) is 25.7 Å². The number of para-hydroxylation sites is 4. The number of fused-ring (bicyclic) bond motifs is 8. The second-order valence-electron chi connectivity index (χ2n) is 17.5. The van der Waals surface area contributed by atoms with Crippen LogP contribution in [0.25, 0.3) is 4.85 Å². The van der Waals surface area contributed by atoms with Gasteiger partial charge in [0.15, 0.2) is 5.69 Å². The molecule has 0 amide bonds. The van der Waals surface area contributed by atoms with Gasteiger partial charge in [-0.25, -0.2) is 4.85 Å². The van der Waals surface area contributed by atoms with E-state index in [-0.39, 0.29) is 0 Å². The highest BCUT2D eigenvalue weighted by molar-refractivity contribution is 5.99. The summed E-state index contributed by atoms with van der Waals surface area (Å²) in [6, 6.07) is 71.4. The van der Waals surface area contributed by atoms with Crippen molar-refractivity contribution in [3.8, 4) is 6.07 Å². The van der Waals surface area contributed by atoms with Crippen molar-refractivity contribution in [3.63, 3.8) is 0 Å². The summed E-state index contributed by atoms with van der Waals surface area (Å²) in [6.45, 7) is 7.85. The normalized spacial score (nSPS) is 13.1. The lowest BCUT2D eigenvalue weighted by atomic mass is 9.81. The van der Waals surface area contributed by atoms with E-state index in [0.29, 0.717) is 11.3 Å². The molecule has 0 saturated heterocycles. The third-order valence-electron chi connectivity index (χ3n) is 13.8. The van der Waals surface area contributed by atoms with Crippen LogP contribution < -0.4 is 19.6 Å². The van der Waals surface area contributed by atoms with Crippen LogP contribution in [-0.4, -0.2) is 0 Å². The van der Waals surface area contributed by atoms with Crippen molar-refractivity contribution >= 4 is 73.9 Å². The molecule has 0 N–H and O–H groups in total. The van der Waals surface area contributed by atoms with Crippen molar-refractivity contribution in [1.82, 2.24) is 0 Å². The first-order valence-corrected chi connectivity index (χ1v) is 22.5. The number of nitrogens with zero attached hydrogens (tertiary/aromatic N) is 6. The molecule has 4 aliphatic rings.